The lowest BCUT2D eigenvalue weighted by Gasteiger charge is -2.34. The minimum absolute atomic E-state index is 0.237. The van der Waals surface area contributed by atoms with E-state index in [2.05, 4.69) is 9.88 Å². The number of benzene rings is 2. The fourth-order valence-corrected chi connectivity index (χ4v) is 5.26. The van der Waals surface area contributed by atoms with Crippen LogP contribution in [-0.4, -0.2) is 48.8 Å². The van der Waals surface area contributed by atoms with E-state index in [0.717, 1.165) is 10.9 Å². The highest BCUT2D eigenvalue weighted by molar-refractivity contribution is 7.89. The molecule has 0 saturated carbocycles. The van der Waals surface area contributed by atoms with Crippen molar-refractivity contribution in [3.05, 3.63) is 71.1 Å². The Morgan fingerprint density at radius 1 is 1.04 bits per heavy atom. The van der Waals surface area contributed by atoms with Crippen molar-refractivity contribution in [1.82, 2.24) is 14.2 Å². The molecule has 2 heterocycles. The summed E-state index contributed by atoms with van der Waals surface area (Å²) in [6.45, 7) is 2.47. The zero-order chi connectivity index (χ0) is 19.7. The van der Waals surface area contributed by atoms with Gasteiger partial charge in [-0.25, -0.2) is 12.8 Å². The molecule has 1 fully saturated rings. The van der Waals surface area contributed by atoms with Crippen molar-refractivity contribution in [2.75, 3.05) is 26.2 Å². The van der Waals surface area contributed by atoms with Crippen LogP contribution in [-0.2, 0) is 16.6 Å². The zero-order valence-corrected chi connectivity index (χ0v) is 16.6. The summed E-state index contributed by atoms with van der Waals surface area (Å²) in [7, 11) is -3.63. The summed E-state index contributed by atoms with van der Waals surface area (Å²) in [5.41, 5.74) is 1.32. The molecule has 5 nitrogen and oxygen atoms in total. The second-order valence-corrected chi connectivity index (χ2v) is 9.06. The number of fused-ring (bicyclic) bond motifs is 1. The molecule has 0 amide bonds. The Morgan fingerprint density at radius 2 is 1.79 bits per heavy atom. The summed E-state index contributed by atoms with van der Waals surface area (Å²) in [4.78, 5) is 6.62. The largest absolute Gasteiger partial charge is 0.296 e. The third-order valence-electron chi connectivity index (χ3n) is 4.95. The van der Waals surface area contributed by atoms with Gasteiger partial charge in [0.1, 0.15) is 10.7 Å². The Hall–Kier alpha value is -2.06. The zero-order valence-electron chi connectivity index (χ0n) is 15.1. The maximum absolute atomic E-state index is 13.2. The van der Waals surface area contributed by atoms with Crippen molar-refractivity contribution >= 4 is 32.5 Å². The summed E-state index contributed by atoms with van der Waals surface area (Å²) in [6.07, 6.45) is 1.60. The smallest absolute Gasteiger partial charge is 0.245 e. The summed E-state index contributed by atoms with van der Waals surface area (Å²) >= 11 is 6.11. The Bertz CT molecular complexity index is 1110. The lowest BCUT2D eigenvalue weighted by atomic mass is 10.2. The van der Waals surface area contributed by atoms with Crippen LogP contribution in [0.1, 0.15) is 5.56 Å². The summed E-state index contributed by atoms with van der Waals surface area (Å²) in [6, 6.07) is 13.2. The number of halogens is 2. The number of nitrogens with zero attached hydrogens (tertiary/aromatic N) is 3. The van der Waals surface area contributed by atoms with Crippen LogP contribution < -0.4 is 0 Å². The molecule has 0 radical (unpaired) electrons. The van der Waals surface area contributed by atoms with Crippen molar-refractivity contribution in [1.29, 1.82) is 0 Å². The average Bonchev–Trinajstić information content (AvgIpc) is 2.70. The van der Waals surface area contributed by atoms with Crippen molar-refractivity contribution in [2.45, 2.75) is 11.4 Å². The molecule has 1 aromatic heterocycles. The van der Waals surface area contributed by atoms with Gasteiger partial charge in [-0.05, 0) is 29.8 Å². The van der Waals surface area contributed by atoms with Gasteiger partial charge in [-0.3, -0.25) is 9.88 Å². The molecule has 1 aliphatic rings. The van der Waals surface area contributed by atoms with Gasteiger partial charge in [0.25, 0.3) is 0 Å². The van der Waals surface area contributed by atoms with Crippen LogP contribution in [0.2, 0.25) is 5.02 Å². The Kier molecular flexibility index (Phi) is 5.33. The number of aromatic nitrogens is 1. The monoisotopic (exact) mass is 419 g/mol. The number of hydrogen-bond acceptors (Lipinski definition) is 4. The highest BCUT2D eigenvalue weighted by Gasteiger charge is 2.30. The number of rotatable bonds is 4. The topological polar surface area (TPSA) is 53.5 Å². The Balaban J connectivity index is 1.49. The van der Waals surface area contributed by atoms with Gasteiger partial charge in [0, 0.05) is 49.3 Å². The van der Waals surface area contributed by atoms with Crippen molar-refractivity contribution < 1.29 is 12.8 Å². The predicted octanol–water partition coefficient (Wildman–Crippen LogP) is 3.53. The molecule has 1 aliphatic heterocycles. The molecule has 1 saturated heterocycles. The van der Waals surface area contributed by atoms with Gasteiger partial charge >= 0.3 is 0 Å². The number of sulfonamides is 1. The summed E-state index contributed by atoms with van der Waals surface area (Å²) < 4.78 is 41.0. The van der Waals surface area contributed by atoms with Gasteiger partial charge in [0.2, 0.25) is 10.0 Å². The quantitative estimate of drug-likeness (QED) is 0.649. The van der Waals surface area contributed by atoms with E-state index in [4.69, 9.17) is 11.6 Å². The molecule has 3 aromatic rings. The third kappa shape index (κ3) is 3.75. The predicted molar refractivity (Wildman–Crippen MR) is 107 cm³/mol. The SMILES string of the molecule is O=S(=O)(c1cccc2cccnc12)N1CCN(Cc2ccc(F)cc2Cl)CC1. The number of para-hydroxylation sites is 1. The fraction of sp³-hybridized carbons (Fsp3) is 0.250. The van der Waals surface area contributed by atoms with Crippen LogP contribution >= 0.6 is 11.6 Å². The molecule has 0 atom stereocenters. The first-order chi connectivity index (χ1) is 13.4. The van der Waals surface area contributed by atoms with E-state index in [-0.39, 0.29) is 10.7 Å². The highest BCUT2D eigenvalue weighted by atomic mass is 35.5. The summed E-state index contributed by atoms with van der Waals surface area (Å²) in [5.74, 6) is -0.367. The molecule has 0 aliphatic carbocycles. The maximum Gasteiger partial charge on any atom is 0.245 e. The molecule has 0 spiro atoms. The lowest BCUT2D eigenvalue weighted by Crippen LogP contribution is -2.48. The highest BCUT2D eigenvalue weighted by Crippen LogP contribution is 2.25. The molecule has 4 rings (SSSR count). The van der Waals surface area contributed by atoms with Crippen LogP contribution in [0.5, 0.6) is 0 Å². The molecule has 146 valence electrons. The first-order valence-electron chi connectivity index (χ1n) is 8.95. The minimum atomic E-state index is -3.63. The maximum atomic E-state index is 13.2. The van der Waals surface area contributed by atoms with Crippen LogP contribution in [0.3, 0.4) is 0 Å². The second-order valence-electron chi connectivity index (χ2n) is 6.75. The van der Waals surface area contributed by atoms with Gasteiger partial charge < -0.3 is 0 Å². The van der Waals surface area contributed by atoms with Crippen LogP contribution in [0, 0.1) is 5.82 Å². The normalized spacial score (nSPS) is 16.5. The number of hydrogen-bond donors (Lipinski definition) is 0. The molecule has 0 bridgehead atoms. The average molecular weight is 420 g/mol. The molecule has 0 N–H and O–H groups in total. The van der Waals surface area contributed by atoms with Gasteiger partial charge in [0.15, 0.2) is 0 Å². The number of pyridine rings is 1. The van der Waals surface area contributed by atoms with Gasteiger partial charge in [-0.15, -0.1) is 0 Å². The molecule has 28 heavy (non-hydrogen) atoms. The molecule has 0 unspecified atom stereocenters. The molecule has 8 heteroatoms. The van der Waals surface area contributed by atoms with E-state index >= 15 is 0 Å². The Labute approximate surface area is 168 Å². The van der Waals surface area contributed by atoms with Gasteiger partial charge in [-0.2, -0.15) is 4.31 Å². The van der Waals surface area contributed by atoms with E-state index in [1.807, 2.05) is 12.1 Å². The molecular formula is C20H19ClFN3O2S. The van der Waals surface area contributed by atoms with Crippen molar-refractivity contribution in [2.24, 2.45) is 0 Å². The van der Waals surface area contributed by atoms with Crippen molar-refractivity contribution in [3.63, 3.8) is 0 Å². The third-order valence-corrected chi connectivity index (χ3v) is 7.24. The molecular weight excluding hydrogens is 401 g/mol. The fourth-order valence-electron chi connectivity index (χ4n) is 3.44. The van der Waals surface area contributed by atoms with E-state index in [9.17, 15) is 12.8 Å². The van der Waals surface area contributed by atoms with E-state index < -0.39 is 10.0 Å². The van der Waals surface area contributed by atoms with Gasteiger partial charge in [0.05, 0.1) is 5.52 Å². The first kappa shape index (κ1) is 19.3. The van der Waals surface area contributed by atoms with Crippen LogP contribution in [0.4, 0.5) is 4.39 Å². The Morgan fingerprint density at radius 3 is 2.54 bits per heavy atom. The van der Waals surface area contributed by atoms with E-state index in [1.165, 1.54) is 16.4 Å². The number of piperazine rings is 1. The lowest BCUT2D eigenvalue weighted by molar-refractivity contribution is 0.181. The van der Waals surface area contributed by atoms with E-state index in [0.29, 0.717) is 43.3 Å². The molecule has 2 aromatic carbocycles. The van der Waals surface area contributed by atoms with Gasteiger partial charge in [-0.1, -0.05) is 35.9 Å². The second kappa shape index (κ2) is 7.75. The minimum Gasteiger partial charge on any atom is -0.296 e. The standard InChI is InChI=1S/C20H19ClFN3O2S/c21-18-13-17(22)7-6-16(18)14-24-9-11-25(12-10-24)28(26,27)19-5-1-3-15-4-2-8-23-20(15)19/h1-8,13H,9-12,14H2. The summed E-state index contributed by atoms with van der Waals surface area (Å²) in [5, 5.41) is 1.19. The van der Waals surface area contributed by atoms with Crippen molar-refractivity contribution in [3.8, 4) is 0 Å². The van der Waals surface area contributed by atoms with E-state index in [1.54, 1.807) is 30.5 Å². The first-order valence-corrected chi connectivity index (χ1v) is 10.8. The van der Waals surface area contributed by atoms with Crippen LogP contribution in [0.15, 0.2) is 59.6 Å². The van der Waals surface area contributed by atoms with Crippen LogP contribution in [0.25, 0.3) is 10.9 Å².